The molecule has 0 saturated heterocycles. The Morgan fingerprint density at radius 2 is 1.45 bits per heavy atom. The van der Waals surface area contributed by atoms with Crippen molar-refractivity contribution in [1.82, 2.24) is 5.32 Å². The molecule has 102 valence electrons. The van der Waals surface area contributed by atoms with E-state index in [1.165, 1.54) is 0 Å². The predicted octanol–water partition coefficient (Wildman–Crippen LogP) is 2.31. The number of benzene rings is 2. The molecule has 0 fully saturated rings. The lowest BCUT2D eigenvalue weighted by Crippen LogP contribution is -2.44. The van der Waals surface area contributed by atoms with Crippen molar-refractivity contribution < 1.29 is 9.59 Å². The summed E-state index contributed by atoms with van der Waals surface area (Å²) in [6.07, 6.45) is 0.913. The molecule has 0 aliphatic rings. The minimum Gasteiger partial charge on any atom is -0.358 e. The fourth-order valence-electron chi connectivity index (χ4n) is 2.54. The Morgan fingerprint density at radius 1 is 1.00 bits per heavy atom. The lowest BCUT2D eigenvalue weighted by Gasteiger charge is -2.31. The zero-order valence-electron chi connectivity index (χ0n) is 11.4. The second kappa shape index (κ2) is 6.15. The van der Waals surface area contributed by atoms with Crippen LogP contribution in [0.25, 0.3) is 0 Å². The molecule has 3 heteroatoms. The summed E-state index contributed by atoms with van der Waals surface area (Å²) in [5, 5.41) is 2.69. The molecule has 0 unspecified atom stereocenters. The van der Waals surface area contributed by atoms with Gasteiger partial charge in [0.2, 0.25) is 5.91 Å². The average molecular weight is 267 g/mol. The van der Waals surface area contributed by atoms with Crippen LogP contribution in [0.15, 0.2) is 60.7 Å². The molecule has 2 aromatic rings. The van der Waals surface area contributed by atoms with Crippen molar-refractivity contribution in [3.05, 3.63) is 71.8 Å². The van der Waals surface area contributed by atoms with Crippen molar-refractivity contribution in [2.45, 2.75) is 11.8 Å². The van der Waals surface area contributed by atoms with Gasteiger partial charge in [-0.25, -0.2) is 0 Å². The molecule has 0 radical (unpaired) electrons. The van der Waals surface area contributed by atoms with Gasteiger partial charge in [0.15, 0.2) is 0 Å². The first kappa shape index (κ1) is 14.0. The fraction of sp³-hybridized carbons (Fsp3) is 0.176. The van der Waals surface area contributed by atoms with Gasteiger partial charge in [0.05, 0.1) is 0 Å². The van der Waals surface area contributed by atoms with E-state index in [9.17, 15) is 9.59 Å². The first-order valence-electron chi connectivity index (χ1n) is 6.52. The zero-order chi connectivity index (χ0) is 14.4. The molecule has 1 N–H and O–H groups in total. The van der Waals surface area contributed by atoms with Crippen LogP contribution in [0.3, 0.4) is 0 Å². The Kier molecular flexibility index (Phi) is 4.31. The summed E-state index contributed by atoms with van der Waals surface area (Å²) in [5.74, 6) is -0.179. The zero-order valence-corrected chi connectivity index (χ0v) is 11.4. The van der Waals surface area contributed by atoms with Crippen molar-refractivity contribution in [3.63, 3.8) is 0 Å². The van der Waals surface area contributed by atoms with Gasteiger partial charge in [-0.15, -0.1) is 0 Å². The van der Waals surface area contributed by atoms with Crippen molar-refractivity contribution >= 4 is 12.2 Å². The molecule has 1 amide bonds. The molecule has 0 bridgehead atoms. The normalized spacial score (nSPS) is 10.8. The van der Waals surface area contributed by atoms with Gasteiger partial charge in [-0.1, -0.05) is 60.7 Å². The van der Waals surface area contributed by atoms with Gasteiger partial charge >= 0.3 is 0 Å². The topological polar surface area (TPSA) is 46.2 Å². The number of likely N-dealkylation sites (N-methyl/N-ethyl adjacent to an activating group) is 1. The molecule has 2 rings (SSSR count). The average Bonchev–Trinajstić information content (AvgIpc) is 2.53. The fourth-order valence-corrected chi connectivity index (χ4v) is 2.54. The van der Waals surface area contributed by atoms with Crippen LogP contribution < -0.4 is 5.32 Å². The van der Waals surface area contributed by atoms with E-state index >= 15 is 0 Å². The van der Waals surface area contributed by atoms with Gasteiger partial charge < -0.3 is 10.1 Å². The molecular weight excluding hydrogens is 250 g/mol. The summed E-state index contributed by atoms with van der Waals surface area (Å²) in [4.78, 5) is 23.8. The van der Waals surface area contributed by atoms with Crippen molar-refractivity contribution in [3.8, 4) is 0 Å². The van der Waals surface area contributed by atoms with E-state index in [2.05, 4.69) is 5.32 Å². The molecule has 0 aromatic heterocycles. The Bertz CT molecular complexity index is 539. The molecule has 0 aliphatic heterocycles. The van der Waals surface area contributed by atoms with Crippen LogP contribution in [0, 0.1) is 0 Å². The number of hydrogen-bond acceptors (Lipinski definition) is 2. The maximum absolute atomic E-state index is 12.6. The first-order valence-corrected chi connectivity index (χ1v) is 6.52. The van der Waals surface area contributed by atoms with Crippen LogP contribution in [-0.2, 0) is 15.0 Å². The molecule has 2 aromatic carbocycles. The van der Waals surface area contributed by atoms with Crippen LogP contribution in [-0.4, -0.2) is 19.2 Å². The molecule has 0 saturated carbocycles. The predicted molar refractivity (Wildman–Crippen MR) is 78.4 cm³/mol. The van der Waals surface area contributed by atoms with E-state index in [0.29, 0.717) is 0 Å². The molecule has 0 atom stereocenters. The van der Waals surface area contributed by atoms with Crippen LogP contribution in [0.4, 0.5) is 0 Å². The molecule has 20 heavy (non-hydrogen) atoms. The van der Waals surface area contributed by atoms with E-state index in [4.69, 9.17) is 0 Å². The maximum Gasteiger partial charge on any atom is 0.235 e. The quantitative estimate of drug-likeness (QED) is 0.845. The highest BCUT2D eigenvalue weighted by Crippen LogP contribution is 2.35. The molecule has 3 nitrogen and oxygen atoms in total. The Hall–Kier alpha value is -2.42. The number of rotatable bonds is 5. The second-order valence-corrected chi connectivity index (χ2v) is 4.59. The van der Waals surface area contributed by atoms with Crippen molar-refractivity contribution in [1.29, 1.82) is 0 Å². The lowest BCUT2D eigenvalue weighted by atomic mass is 9.71. The smallest absolute Gasteiger partial charge is 0.235 e. The Balaban J connectivity index is 2.69. The number of hydrogen-bond donors (Lipinski definition) is 1. The summed E-state index contributed by atoms with van der Waals surface area (Å²) in [6, 6.07) is 18.8. The third-order valence-electron chi connectivity index (χ3n) is 3.54. The van der Waals surface area contributed by atoms with Gasteiger partial charge in [-0.05, 0) is 11.1 Å². The monoisotopic (exact) mass is 267 g/mol. The SMILES string of the molecule is CNC(=O)C(CC=O)(c1ccccc1)c1ccccc1. The summed E-state index contributed by atoms with van der Waals surface area (Å²) < 4.78 is 0. The number of amides is 1. The van der Waals surface area contributed by atoms with Gasteiger partial charge in [-0.3, -0.25) is 4.79 Å². The van der Waals surface area contributed by atoms with Gasteiger partial charge in [0, 0.05) is 13.5 Å². The highest BCUT2D eigenvalue weighted by Gasteiger charge is 2.40. The van der Waals surface area contributed by atoms with Crippen molar-refractivity contribution in [2.75, 3.05) is 7.05 Å². The van der Waals surface area contributed by atoms with Crippen LogP contribution in [0.1, 0.15) is 17.5 Å². The minimum absolute atomic E-state index is 0.112. The van der Waals surface area contributed by atoms with Crippen molar-refractivity contribution in [2.24, 2.45) is 0 Å². The van der Waals surface area contributed by atoms with E-state index in [-0.39, 0.29) is 12.3 Å². The van der Waals surface area contributed by atoms with E-state index < -0.39 is 5.41 Å². The highest BCUT2D eigenvalue weighted by molar-refractivity contribution is 5.94. The molecule has 0 heterocycles. The van der Waals surface area contributed by atoms with Gasteiger partial charge in [0.25, 0.3) is 0 Å². The highest BCUT2D eigenvalue weighted by atomic mass is 16.2. The molecule has 0 aliphatic carbocycles. The Labute approximate surface area is 118 Å². The summed E-state index contributed by atoms with van der Waals surface area (Å²) >= 11 is 0. The maximum atomic E-state index is 12.6. The summed E-state index contributed by atoms with van der Waals surface area (Å²) in [5.41, 5.74) is 0.661. The number of nitrogens with one attached hydrogen (secondary N) is 1. The Morgan fingerprint density at radius 3 is 1.80 bits per heavy atom. The third-order valence-corrected chi connectivity index (χ3v) is 3.54. The third kappa shape index (κ3) is 2.35. The van der Waals surface area contributed by atoms with Crippen LogP contribution >= 0.6 is 0 Å². The summed E-state index contributed by atoms with van der Waals surface area (Å²) in [6.45, 7) is 0. The van der Waals surface area contributed by atoms with E-state index in [0.717, 1.165) is 17.4 Å². The minimum atomic E-state index is -0.973. The van der Waals surface area contributed by atoms with Gasteiger partial charge in [-0.2, -0.15) is 0 Å². The number of carbonyl (C=O) groups excluding carboxylic acids is 2. The number of aldehydes is 1. The molecular formula is C17H17NO2. The first-order chi connectivity index (χ1) is 9.75. The largest absolute Gasteiger partial charge is 0.358 e. The van der Waals surface area contributed by atoms with E-state index in [1.807, 2.05) is 60.7 Å². The molecule has 0 spiro atoms. The van der Waals surface area contributed by atoms with Gasteiger partial charge in [0.1, 0.15) is 11.7 Å². The lowest BCUT2D eigenvalue weighted by molar-refractivity contribution is -0.126. The van der Waals surface area contributed by atoms with Crippen LogP contribution in [0.2, 0.25) is 0 Å². The standard InChI is InChI=1S/C17H17NO2/c1-18-16(20)17(12-13-19,14-8-4-2-5-9-14)15-10-6-3-7-11-15/h2-11,13H,12H2,1H3,(H,18,20). The number of carbonyl (C=O) groups is 2. The van der Waals surface area contributed by atoms with E-state index in [1.54, 1.807) is 7.05 Å². The van der Waals surface area contributed by atoms with Crippen LogP contribution in [0.5, 0.6) is 0 Å². The summed E-state index contributed by atoms with van der Waals surface area (Å²) in [7, 11) is 1.59. The second-order valence-electron chi connectivity index (χ2n) is 4.59.